The van der Waals surface area contributed by atoms with Crippen molar-refractivity contribution < 1.29 is 14.3 Å². The molecule has 2 fully saturated rings. The first kappa shape index (κ1) is 17.3. The molecule has 6 nitrogen and oxygen atoms in total. The van der Waals surface area contributed by atoms with Crippen LogP contribution in [0, 0.1) is 0 Å². The van der Waals surface area contributed by atoms with E-state index in [1.165, 1.54) is 5.56 Å². The van der Waals surface area contributed by atoms with Crippen molar-refractivity contribution in [2.24, 2.45) is 0 Å². The van der Waals surface area contributed by atoms with Crippen LogP contribution in [-0.4, -0.2) is 72.8 Å². The van der Waals surface area contributed by atoms with Gasteiger partial charge in [-0.1, -0.05) is 6.07 Å². The number of hydrogen-bond donors (Lipinski definition) is 0. The molecule has 132 valence electrons. The Bertz CT molecular complexity index is 542. The first-order chi connectivity index (χ1) is 11.6. The largest absolute Gasteiger partial charge is 0.372 e. The van der Waals surface area contributed by atoms with Gasteiger partial charge in [-0.3, -0.25) is 14.7 Å². The SMILES string of the molecule is CN(C)C(=O)CO[C@@H]1COC2(CCN(Cc3cccnc3)CC2)C1. The van der Waals surface area contributed by atoms with Crippen molar-refractivity contribution in [1.29, 1.82) is 0 Å². The molecule has 1 aromatic heterocycles. The van der Waals surface area contributed by atoms with E-state index in [-0.39, 0.29) is 24.2 Å². The number of hydrogen-bond acceptors (Lipinski definition) is 5. The molecular weight excluding hydrogens is 306 g/mol. The fourth-order valence-corrected chi connectivity index (χ4v) is 3.44. The van der Waals surface area contributed by atoms with Crippen LogP contribution in [0.4, 0.5) is 0 Å². The van der Waals surface area contributed by atoms with Gasteiger partial charge in [0.15, 0.2) is 0 Å². The van der Waals surface area contributed by atoms with E-state index < -0.39 is 0 Å². The van der Waals surface area contributed by atoms with E-state index in [0.29, 0.717) is 6.61 Å². The van der Waals surface area contributed by atoms with E-state index in [9.17, 15) is 4.79 Å². The molecule has 1 amide bonds. The number of rotatable bonds is 5. The maximum absolute atomic E-state index is 11.6. The summed E-state index contributed by atoms with van der Waals surface area (Å²) in [5.74, 6) is 0.00207. The second-order valence-corrected chi connectivity index (χ2v) is 7.06. The number of ether oxygens (including phenoxy) is 2. The molecule has 0 aliphatic carbocycles. The van der Waals surface area contributed by atoms with Gasteiger partial charge >= 0.3 is 0 Å². The maximum atomic E-state index is 11.6. The van der Waals surface area contributed by atoms with E-state index in [0.717, 1.165) is 38.9 Å². The van der Waals surface area contributed by atoms with Crippen molar-refractivity contribution in [3.8, 4) is 0 Å². The molecule has 6 heteroatoms. The van der Waals surface area contributed by atoms with Gasteiger partial charge in [0.05, 0.1) is 18.3 Å². The van der Waals surface area contributed by atoms with Crippen molar-refractivity contribution in [3.05, 3.63) is 30.1 Å². The Balaban J connectivity index is 1.44. The minimum absolute atomic E-state index is 0.00207. The van der Waals surface area contributed by atoms with Crippen LogP contribution in [0.25, 0.3) is 0 Å². The van der Waals surface area contributed by atoms with Crippen LogP contribution in [0.1, 0.15) is 24.8 Å². The second-order valence-electron chi connectivity index (χ2n) is 7.06. The predicted molar refractivity (Wildman–Crippen MR) is 90.5 cm³/mol. The predicted octanol–water partition coefficient (Wildman–Crippen LogP) is 1.31. The topological polar surface area (TPSA) is 54.9 Å². The summed E-state index contributed by atoms with van der Waals surface area (Å²) < 4.78 is 11.8. The zero-order valence-corrected chi connectivity index (χ0v) is 14.6. The van der Waals surface area contributed by atoms with Gasteiger partial charge in [0.25, 0.3) is 0 Å². The molecule has 1 aromatic rings. The first-order valence-corrected chi connectivity index (χ1v) is 8.63. The van der Waals surface area contributed by atoms with Crippen LogP contribution in [0.2, 0.25) is 0 Å². The lowest BCUT2D eigenvalue weighted by Crippen LogP contribution is -2.44. The fourth-order valence-electron chi connectivity index (χ4n) is 3.44. The number of pyridine rings is 1. The summed E-state index contributed by atoms with van der Waals surface area (Å²) in [7, 11) is 3.49. The number of carbonyl (C=O) groups is 1. The maximum Gasteiger partial charge on any atom is 0.248 e. The normalized spacial score (nSPS) is 23.5. The Hall–Kier alpha value is -1.50. The second kappa shape index (κ2) is 7.59. The van der Waals surface area contributed by atoms with Crippen molar-refractivity contribution in [1.82, 2.24) is 14.8 Å². The van der Waals surface area contributed by atoms with E-state index in [1.807, 2.05) is 18.5 Å². The molecule has 1 spiro atoms. The molecule has 2 saturated heterocycles. The van der Waals surface area contributed by atoms with E-state index in [4.69, 9.17) is 9.47 Å². The van der Waals surface area contributed by atoms with Crippen LogP contribution in [0.5, 0.6) is 0 Å². The smallest absolute Gasteiger partial charge is 0.248 e. The molecule has 0 unspecified atom stereocenters. The third kappa shape index (κ3) is 4.32. The highest BCUT2D eigenvalue weighted by atomic mass is 16.6. The van der Waals surface area contributed by atoms with Gasteiger partial charge in [-0.25, -0.2) is 0 Å². The number of amides is 1. The van der Waals surface area contributed by atoms with E-state index in [2.05, 4.69) is 16.0 Å². The summed E-state index contributed by atoms with van der Waals surface area (Å²) in [6.45, 7) is 3.74. The van der Waals surface area contributed by atoms with Crippen LogP contribution >= 0.6 is 0 Å². The molecule has 0 bridgehead atoms. The van der Waals surface area contributed by atoms with Crippen molar-refractivity contribution in [2.45, 2.75) is 37.5 Å². The van der Waals surface area contributed by atoms with Crippen LogP contribution in [0.3, 0.4) is 0 Å². The highest BCUT2D eigenvalue weighted by Gasteiger charge is 2.43. The summed E-state index contributed by atoms with van der Waals surface area (Å²) in [5, 5.41) is 0. The Kier molecular flexibility index (Phi) is 5.48. The fraction of sp³-hybridized carbons (Fsp3) is 0.667. The number of nitrogens with zero attached hydrogens (tertiary/aromatic N) is 3. The van der Waals surface area contributed by atoms with Gasteiger partial charge in [-0.15, -0.1) is 0 Å². The van der Waals surface area contributed by atoms with Gasteiger partial charge in [0.1, 0.15) is 6.61 Å². The standard InChI is InChI=1S/C18H27N3O3/c1-20(2)17(22)14-23-16-10-18(24-13-16)5-8-21(9-6-18)12-15-4-3-7-19-11-15/h3-4,7,11,16H,5-6,8-10,12-14H2,1-2H3/t16-/m0/s1. The molecule has 0 aromatic carbocycles. The highest BCUT2D eigenvalue weighted by molar-refractivity contribution is 5.76. The molecular formula is C18H27N3O3. The van der Waals surface area contributed by atoms with Crippen LogP contribution in [-0.2, 0) is 20.8 Å². The van der Waals surface area contributed by atoms with Gasteiger partial charge in [0.2, 0.25) is 5.91 Å². The van der Waals surface area contributed by atoms with Crippen molar-refractivity contribution in [2.75, 3.05) is 40.4 Å². The van der Waals surface area contributed by atoms with E-state index >= 15 is 0 Å². The lowest BCUT2D eigenvalue weighted by molar-refractivity contribution is -0.135. The summed E-state index contributed by atoms with van der Waals surface area (Å²) in [6.07, 6.45) is 6.72. The average Bonchev–Trinajstić information content (AvgIpc) is 2.99. The third-order valence-corrected chi connectivity index (χ3v) is 5.01. The van der Waals surface area contributed by atoms with Gasteiger partial charge in [-0.2, -0.15) is 0 Å². The van der Waals surface area contributed by atoms with E-state index in [1.54, 1.807) is 19.0 Å². The Labute approximate surface area is 143 Å². The molecule has 3 heterocycles. The minimum Gasteiger partial charge on any atom is -0.372 e. The number of carbonyl (C=O) groups excluding carboxylic acids is 1. The number of likely N-dealkylation sites (N-methyl/N-ethyl adjacent to an activating group) is 1. The Morgan fingerprint density at radius 1 is 1.46 bits per heavy atom. The summed E-state index contributed by atoms with van der Waals surface area (Å²) >= 11 is 0. The molecule has 2 aliphatic heterocycles. The summed E-state index contributed by atoms with van der Waals surface area (Å²) in [5.41, 5.74) is 1.20. The summed E-state index contributed by atoms with van der Waals surface area (Å²) in [4.78, 5) is 19.8. The Morgan fingerprint density at radius 3 is 2.92 bits per heavy atom. The van der Waals surface area contributed by atoms with Crippen molar-refractivity contribution >= 4 is 5.91 Å². The summed E-state index contributed by atoms with van der Waals surface area (Å²) in [6, 6.07) is 4.10. The average molecular weight is 333 g/mol. The quantitative estimate of drug-likeness (QED) is 0.813. The van der Waals surface area contributed by atoms with Crippen LogP contribution < -0.4 is 0 Å². The molecule has 1 atom stereocenters. The van der Waals surface area contributed by atoms with Crippen molar-refractivity contribution in [3.63, 3.8) is 0 Å². The lowest BCUT2D eigenvalue weighted by Gasteiger charge is -2.38. The zero-order valence-electron chi connectivity index (χ0n) is 14.6. The zero-order chi connectivity index (χ0) is 17.0. The lowest BCUT2D eigenvalue weighted by atomic mass is 9.88. The molecule has 2 aliphatic rings. The third-order valence-electron chi connectivity index (χ3n) is 5.01. The number of piperidine rings is 1. The van der Waals surface area contributed by atoms with Gasteiger partial charge in [-0.05, 0) is 24.5 Å². The molecule has 3 rings (SSSR count). The number of aromatic nitrogens is 1. The molecule has 0 radical (unpaired) electrons. The molecule has 0 saturated carbocycles. The highest BCUT2D eigenvalue weighted by Crippen LogP contribution is 2.37. The first-order valence-electron chi connectivity index (χ1n) is 8.63. The minimum atomic E-state index is -0.0583. The number of likely N-dealkylation sites (tertiary alicyclic amines) is 1. The Morgan fingerprint density at radius 2 is 2.25 bits per heavy atom. The van der Waals surface area contributed by atoms with Gasteiger partial charge in [0, 0.05) is 52.5 Å². The van der Waals surface area contributed by atoms with Gasteiger partial charge < -0.3 is 14.4 Å². The van der Waals surface area contributed by atoms with Crippen LogP contribution in [0.15, 0.2) is 24.5 Å². The molecule has 24 heavy (non-hydrogen) atoms. The molecule has 0 N–H and O–H groups in total. The monoisotopic (exact) mass is 333 g/mol.